The molecule has 2 N–H and O–H groups in total. The van der Waals surface area contributed by atoms with Gasteiger partial charge in [-0.25, -0.2) is 12.8 Å². The summed E-state index contributed by atoms with van der Waals surface area (Å²) in [7, 11) is 0. The Morgan fingerprint density at radius 3 is 1.00 bits per heavy atom. The number of aromatic hydroxyl groups is 2. The van der Waals surface area contributed by atoms with Crippen LogP contribution in [0.15, 0.2) is 36.4 Å². The fourth-order valence-corrected chi connectivity index (χ4v) is 1.61. The van der Waals surface area contributed by atoms with E-state index in [1.165, 1.54) is 0 Å². The second kappa shape index (κ2) is 13.4. The van der Waals surface area contributed by atoms with Crippen molar-refractivity contribution < 1.29 is 36.4 Å². The Labute approximate surface area is 160 Å². The number of unbranched alkanes of at least 4 members (excludes halogenated alkanes) is 1. The quantitative estimate of drug-likeness (QED) is 0.635. The second-order valence-corrected chi connectivity index (χ2v) is 5.19. The van der Waals surface area contributed by atoms with Gasteiger partial charge in [0.1, 0.15) is 11.5 Å². The van der Waals surface area contributed by atoms with Gasteiger partial charge >= 0.3 is 26.2 Å². The van der Waals surface area contributed by atoms with Gasteiger partial charge in [0.15, 0.2) is 0 Å². The monoisotopic (exact) mass is 390 g/mol. The molecule has 0 fully saturated rings. The summed E-state index contributed by atoms with van der Waals surface area (Å²) in [5.41, 5.74) is 3.76. The van der Waals surface area contributed by atoms with Crippen molar-refractivity contribution in [2.45, 2.75) is 40.5 Å². The SMILES string of the molecule is Cc1cccc(C)c1O.Cc1cccc(C)c1O.[CH2-]CC[CH2-].[Zr+2]. The standard InChI is InChI=1S/2C8H10O.C4H8.Zr/c2*1-6-4-3-5-7(2)8(6)9;1-3-4-2;/h2*3-5,9H,1-2H3;1-4H2;/q;;-2;+2. The van der Waals surface area contributed by atoms with Gasteiger partial charge in [0.05, 0.1) is 0 Å². The number of hydrogen-bond donors (Lipinski definition) is 2. The fraction of sp³-hybridized carbons (Fsp3) is 0.300. The van der Waals surface area contributed by atoms with Gasteiger partial charge in [0.25, 0.3) is 0 Å². The van der Waals surface area contributed by atoms with Crippen LogP contribution in [0.4, 0.5) is 0 Å². The van der Waals surface area contributed by atoms with E-state index in [4.69, 9.17) is 0 Å². The van der Waals surface area contributed by atoms with E-state index in [2.05, 4.69) is 13.8 Å². The van der Waals surface area contributed by atoms with E-state index < -0.39 is 0 Å². The van der Waals surface area contributed by atoms with E-state index in [-0.39, 0.29) is 26.2 Å². The van der Waals surface area contributed by atoms with Crippen molar-refractivity contribution >= 4 is 0 Å². The molecule has 0 heterocycles. The molecule has 0 atom stereocenters. The third-order valence-electron chi connectivity index (χ3n) is 3.13. The Balaban J connectivity index is 0. The van der Waals surface area contributed by atoms with Crippen molar-refractivity contribution in [3.05, 3.63) is 72.5 Å². The van der Waals surface area contributed by atoms with E-state index in [0.29, 0.717) is 11.5 Å². The molecule has 0 aliphatic heterocycles. The maximum absolute atomic E-state index is 9.21. The molecule has 124 valence electrons. The molecule has 23 heavy (non-hydrogen) atoms. The van der Waals surface area contributed by atoms with Gasteiger partial charge < -0.3 is 24.1 Å². The summed E-state index contributed by atoms with van der Waals surface area (Å²) in [5.74, 6) is 0.829. The number of benzene rings is 2. The maximum atomic E-state index is 9.21. The Morgan fingerprint density at radius 1 is 0.652 bits per heavy atom. The molecule has 0 aromatic heterocycles. The number of aryl methyl sites for hydroxylation is 4. The van der Waals surface area contributed by atoms with Crippen LogP contribution >= 0.6 is 0 Å². The molecule has 2 aromatic carbocycles. The second-order valence-electron chi connectivity index (χ2n) is 5.19. The van der Waals surface area contributed by atoms with Crippen LogP contribution < -0.4 is 0 Å². The Hall–Kier alpha value is -1.08. The maximum Gasteiger partial charge on any atom is 2.00 e. The summed E-state index contributed by atoms with van der Waals surface area (Å²) in [6.45, 7) is 14.6. The van der Waals surface area contributed by atoms with Crippen LogP contribution in [0.2, 0.25) is 0 Å². The van der Waals surface area contributed by atoms with E-state index in [1.807, 2.05) is 64.1 Å². The normalized spacial score (nSPS) is 8.78. The zero-order valence-electron chi connectivity index (χ0n) is 14.7. The minimum absolute atomic E-state index is 0. The molecule has 0 unspecified atom stereocenters. The van der Waals surface area contributed by atoms with Crippen molar-refractivity contribution in [3.63, 3.8) is 0 Å². The Kier molecular flexibility index (Phi) is 14.1. The zero-order chi connectivity index (χ0) is 17.1. The van der Waals surface area contributed by atoms with Gasteiger partial charge in [-0.05, 0) is 49.9 Å². The van der Waals surface area contributed by atoms with E-state index in [9.17, 15) is 10.2 Å². The molecule has 0 aliphatic carbocycles. The third-order valence-corrected chi connectivity index (χ3v) is 3.13. The third kappa shape index (κ3) is 9.61. The Morgan fingerprint density at radius 2 is 0.870 bits per heavy atom. The zero-order valence-corrected chi connectivity index (χ0v) is 17.1. The van der Waals surface area contributed by atoms with Gasteiger partial charge in [-0.3, -0.25) is 0 Å². The molecule has 0 bridgehead atoms. The van der Waals surface area contributed by atoms with Gasteiger partial charge in [0, 0.05) is 0 Å². The fourth-order valence-electron chi connectivity index (χ4n) is 1.61. The van der Waals surface area contributed by atoms with Crippen LogP contribution in [0.1, 0.15) is 35.1 Å². The van der Waals surface area contributed by atoms with Crippen LogP contribution in [-0.4, -0.2) is 10.2 Å². The van der Waals surface area contributed by atoms with Crippen molar-refractivity contribution in [2.75, 3.05) is 0 Å². The molecule has 3 heteroatoms. The van der Waals surface area contributed by atoms with Crippen molar-refractivity contribution in [1.82, 2.24) is 0 Å². The molecule has 0 aliphatic rings. The largest absolute Gasteiger partial charge is 2.00 e. The van der Waals surface area contributed by atoms with Crippen LogP contribution in [-0.2, 0) is 26.2 Å². The summed E-state index contributed by atoms with van der Waals surface area (Å²) < 4.78 is 0. The first-order chi connectivity index (χ1) is 10.3. The van der Waals surface area contributed by atoms with Crippen LogP contribution in [0.5, 0.6) is 11.5 Å². The van der Waals surface area contributed by atoms with Gasteiger partial charge in [-0.2, -0.15) is 0 Å². The number of para-hydroxylation sites is 2. The first kappa shape index (κ1) is 24.2. The summed E-state index contributed by atoms with van der Waals surface area (Å²) in [6.07, 6.45) is 1.92. The molecule has 0 saturated heterocycles. The molecular weight excluding hydrogens is 363 g/mol. The molecule has 2 aromatic rings. The number of rotatable bonds is 1. The summed E-state index contributed by atoms with van der Waals surface area (Å²) in [5, 5.41) is 18.4. The molecule has 2 nitrogen and oxygen atoms in total. The first-order valence-corrected chi connectivity index (χ1v) is 7.44. The molecule has 0 saturated carbocycles. The van der Waals surface area contributed by atoms with Gasteiger partial charge in [-0.15, -0.1) is 0 Å². The first-order valence-electron chi connectivity index (χ1n) is 7.44. The number of phenolic OH excluding ortho intramolecular Hbond substituents is 2. The van der Waals surface area contributed by atoms with E-state index >= 15 is 0 Å². The van der Waals surface area contributed by atoms with Crippen LogP contribution in [0.3, 0.4) is 0 Å². The van der Waals surface area contributed by atoms with E-state index in [0.717, 1.165) is 35.1 Å². The van der Waals surface area contributed by atoms with Crippen LogP contribution in [0, 0.1) is 41.5 Å². The van der Waals surface area contributed by atoms with Crippen LogP contribution in [0.25, 0.3) is 0 Å². The number of phenols is 2. The van der Waals surface area contributed by atoms with Crippen molar-refractivity contribution in [2.24, 2.45) is 0 Å². The topological polar surface area (TPSA) is 40.5 Å². The predicted octanol–water partition coefficient (Wildman–Crippen LogP) is 5.45. The molecule has 0 spiro atoms. The molecule has 0 amide bonds. The predicted molar refractivity (Wildman–Crippen MR) is 95.1 cm³/mol. The van der Waals surface area contributed by atoms with Crippen molar-refractivity contribution in [1.29, 1.82) is 0 Å². The van der Waals surface area contributed by atoms with Crippen molar-refractivity contribution in [3.8, 4) is 11.5 Å². The molecule has 2 rings (SSSR count). The average molecular weight is 392 g/mol. The summed E-state index contributed by atoms with van der Waals surface area (Å²) in [4.78, 5) is 0. The minimum Gasteiger partial charge on any atom is -0.507 e. The Bertz CT molecular complexity index is 474. The van der Waals surface area contributed by atoms with Gasteiger partial charge in [0.2, 0.25) is 0 Å². The summed E-state index contributed by atoms with van der Waals surface area (Å²) >= 11 is 0. The number of hydrogen-bond acceptors (Lipinski definition) is 2. The molecular formula is C20H28O2Zr. The summed E-state index contributed by atoms with van der Waals surface area (Å²) in [6, 6.07) is 11.4. The van der Waals surface area contributed by atoms with E-state index in [1.54, 1.807) is 0 Å². The minimum atomic E-state index is 0. The van der Waals surface area contributed by atoms with Gasteiger partial charge in [-0.1, -0.05) is 36.4 Å². The smallest absolute Gasteiger partial charge is 0.507 e. The molecule has 0 radical (unpaired) electrons. The average Bonchev–Trinajstić information content (AvgIpc) is 2.51.